The predicted octanol–water partition coefficient (Wildman–Crippen LogP) is 5.11. The summed E-state index contributed by atoms with van der Waals surface area (Å²) < 4.78 is 0. The molecular weight excluding hydrogens is 328 g/mol. The van der Waals surface area contributed by atoms with Gasteiger partial charge >= 0.3 is 0 Å². The van der Waals surface area contributed by atoms with Crippen LogP contribution in [0.25, 0.3) is 0 Å². The van der Waals surface area contributed by atoms with Crippen molar-refractivity contribution in [3.8, 4) is 0 Å². The molecule has 4 rings (SSSR count). The van der Waals surface area contributed by atoms with Crippen molar-refractivity contribution in [2.24, 2.45) is 28.6 Å². The Bertz CT molecular complexity index is 730. The van der Waals surface area contributed by atoms with E-state index < -0.39 is 0 Å². The minimum atomic E-state index is -0.117. The Labute approximate surface area is 155 Å². The highest BCUT2D eigenvalue weighted by atomic mass is 32.2. The van der Waals surface area contributed by atoms with Gasteiger partial charge in [-0.05, 0) is 66.4 Å². The molecule has 25 heavy (non-hydrogen) atoms. The Morgan fingerprint density at radius 2 is 2.00 bits per heavy atom. The summed E-state index contributed by atoms with van der Waals surface area (Å²) in [6, 6.07) is 0. The Balaban J connectivity index is 1.79. The zero-order valence-electron chi connectivity index (χ0n) is 15.6. The zero-order chi connectivity index (χ0) is 18.0. The number of rotatable bonds is 2. The molecule has 0 spiro atoms. The molecule has 0 aliphatic heterocycles. The van der Waals surface area contributed by atoms with Crippen molar-refractivity contribution in [2.75, 3.05) is 5.75 Å². The second-order valence-corrected chi connectivity index (χ2v) is 9.99. The largest absolute Gasteiger partial charge is 0.299 e. The lowest BCUT2D eigenvalue weighted by Crippen LogP contribution is -2.50. The van der Waals surface area contributed by atoms with Gasteiger partial charge in [0.15, 0.2) is 5.78 Å². The minimum absolute atomic E-state index is 0.0988. The SMILES string of the molecule is C=C1C[C@@H]2[C@H](CC[C@]3(C)C(=O)CC[C@@H]23)[C@@]2(C)C=CC(=O)C(SCC)=C12. The number of allylic oxidation sites excluding steroid dienone is 5. The van der Waals surface area contributed by atoms with Crippen molar-refractivity contribution < 1.29 is 9.59 Å². The lowest BCUT2D eigenvalue weighted by molar-refractivity contribution is -0.131. The van der Waals surface area contributed by atoms with Crippen molar-refractivity contribution in [3.63, 3.8) is 0 Å². The van der Waals surface area contributed by atoms with Crippen LogP contribution in [0.4, 0.5) is 0 Å². The van der Waals surface area contributed by atoms with Crippen LogP contribution in [0.15, 0.2) is 34.8 Å². The topological polar surface area (TPSA) is 34.1 Å². The monoisotopic (exact) mass is 356 g/mol. The second kappa shape index (κ2) is 5.70. The molecule has 3 heteroatoms. The van der Waals surface area contributed by atoms with Crippen LogP contribution in [0.3, 0.4) is 0 Å². The summed E-state index contributed by atoms with van der Waals surface area (Å²) >= 11 is 1.67. The van der Waals surface area contributed by atoms with Crippen LogP contribution < -0.4 is 0 Å². The Morgan fingerprint density at radius 1 is 1.24 bits per heavy atom. The maximum absolute atomic E-state index is 12.5. The van der Waals surface area contributed by atoms with E-state index in [-0.39, 0.29) is 16.6 Å². The van der Waals surface area contributed by atoms with Crippen molar-refractivity contribution in [1.82, 2.24) is 0 Å². The molecule has 0 aromatic heterocycles. The third kappa shape index (κ3) is 2.24. The molecule has 0 saturated heterocycles. The first-order valence-electron chi connectivity index (χ1n) is 9.65. The normalized spacial score (nSPS) is 43.2. The first-order valence-corrected chi connectivity index (χ1v) is 10.6. The summed E-state index contributed by atoms with van der Waals surface area (Å²) in [7, 11) is 0. The van der Waals surface area contributed by atoms with Gasteiger partial charge in [0, 0.05) is 17.3 Å². The third-order valence-electron chi connectivity index (χ3n) is 7.61. The molecule has 0 radical (unpaired) electrons. The molecule has 4 aliphatic rings. The van der Waals surface area contributed by atoms with Gasteiger partial charge in [-0.15, -0.1) is 11.8 Å². The van der Waals surface area contributed by atoms with E-state index in [2.05, 4.69) is 33.4 Å². The van der Waals surface area contributed by atoms with E-state index >= 15 is 0 Å². The molecule has 3 fully saturated rings. The van der Waals surface area contributed by atoms with Crippen molar-refractivity contribution in [1.29, 1.82) is 0 Å². The van der Waals surface area contributed by atoms with Crippen LogP contribution in [0.1, 0.15) is 52.9 Å². The number of Topliss-reactive ketones (excluding diaryl/α,β-unsaturated/α-hetero) is 1. The maximum atomic E-state index is 12.5. The summed E-state index contributed by atoms with van der Waals surface area (Å²) in [4.78, 5) is 26.0. The molecule has 3 saturated carbocycles. The van der Waals surface area contributed by atoms with Gasteiger partial charge in [0.1, 0.15) is 5.78 Å². The van der Waals surface area contributed by atoms with Crippen molar-refractivity contribution in [3.05, 3.63) is 34.8 Å². The Morgan fingerprint density at radius 3 is 2.72 bits per heavy atom. The number of carbonyl (C=O) groups excluding carboxylic acids is 2. The number of thioether (sulfide) groups is 1. The van der Waals surface area contributed by atoms with Crippen LogP contribution in [0.2, 0.25) is 0 Å². The van der Waals surface area contributed by atoms with Gasteiger partial charge in [-0.2, -0.15) is 0 Å². The van der Waals surface area contributed by atoms with Crippen LogP contribution >= 0.6 is 11.8 Å². The molecule has 0 bridgehead atoms. The summed E-state index contributed by atoms with van der Waals surface area (Å²) in [5.41, 5.74) is 2.13. The lowest BCUT2D eigenvalue weighted by atomic mass is 9.48. The fourth-order valence-corrected chi connectivity index (χ4v) is 7.40. The van der Waals surface area contributed by atoms with E-state index in [0.717, 1.165) is 48.3 Å². The highest BCUT2D eigenvalue weighted by Gasteiger charge is 2.59. The number of hydrogen-bond acceptors (Lipinski definition) is 3. The molecule has 0 N–H and O–H groups in total. The average Bonchev–Trinajstić information content (AvgIpc) is 2.87. The minimum Gasteiger partial charge on any atom is -0.299 e. The second-order valence-electron chi connectivity index (χ2n) is 8.72. The fraction of sp³-hybridized carbons (Fsp3) is 0.636. The molecule has 0 amide bonds. The maximum Gasteiger partial charge on any atom is 0.192 e. The standard InChI is InChI=1S/C22H28O2S/c1-5-25-20-17(23)9-11-22(4)16-8-10-21(3)15(6-7-18(21)24)14(16)12-13(2)19(20)22/h9,11,14-16H,2,5-8,10,12H2,1,3-4H3/t14-,15-,16-,21-,22+/m0/s1. The molecule has 0 heterocycles. The summed E-state index contributed by atoms with van der Waals surface area (Å²) in [5.74, 6) is 3.07. The van der Waals surface area contributed by atoms with Gasteiger partial charge in [-0.1, -0.05) is 33.4 Å². The Kier molecular flexibility index (Phi) is 3.95. The predicted molar refractivity (Wildman–Crippen MR) is 103 cm³/mol. The van der Waals surface area contributed by atoms with E-state index in [1.807, 2.05) is 0 Å². The average molecular weight is 357 g/mol. The first-order chi connectivity index (χ1) is 11.8. The van der Waals surface area contributed by atoms with Crippen molar-refractivity contribution >= 4 is 23.3 Å². The highest BCUT2D eigenvalue weighted by molar-refractivity contribution is 8.04. The van der Waals surface area contributed by atoms with E-state index in [0.29, 0.717) is 23.5 Å². The Hall–Kier alpha value is -1.09. The molecule has 4 aliphatic carbocycles. The van der Waals surface area contributed by atoms with Gasteiger partial charge < -0.3 is 0 Å². The van der Waals surface area contributed by atoms with Gasteiger partial charge in [-0.3, -0.25) is 9.59 Å². The number of hydrogen-bond donors (Lipinski definition) is 0. The van der Waals surface area contributed by atoms with Crippen LogP contribution in [0.5, 0.6) is 0 Å². The zero-order valence-corrected chi connectivity index (χ0v) is 16.4. The quantitative estimate of drug-likeness (QED) is 0.689. The number of fused-ring (bicyclic) bond motifs is 5. The fourth-order valence-electron chi connectivity index (χ4n) is 6.39. The number of carbonyl (C=O) groups is 2. The molecular formula is C22H28O2S. The summed E-state index contributed by atoms with van der Waals surface area (Å²) in [6.07, 6.45) is 8.79. The van der Waals surface area contributed by atoms with Gasteiger partial charge in [0.2, 0.25) is 0 Å². The number of ketones is 2. The van der Waals surface area contributed by atoms with Crippen LogP contribution in [-0.4, -0.2) is 17.3 Å². The lowest BCUT2D eigenvalue weighted by Gasteiger charge is -2.56. The van der Waals surface area contributed by atoms with E-state index in [9.17, 15) is 9.59 Å². The van der Waals surface area contributed by atoms with Gasteiger partial charge in [0.05, 0.1) is 4.91 Å². The van der Waals surface area contributed by atoms with Crippen molar-refractivity contribution in [2.45, 2.75) is 52.9 Å². The van der Waals surface area contributed by atoms with E-state index in [1.165, 1.54) is 5.57 Å². The molecule has 0 aromatic carbocycles. The first kappa shape index (κ1) is 17.3. The highest BCUT2D eigenvalue weighted by Crippen LogP contribution is 2.65. The van der Waals surface area contributed by atoms with E-state index in [4.69, 9.17) is 0 Å². The molecule has 0 unspecified atom stereocenters. The molecule has 134 valence electrons. The third-order valence-corrected chi connectivity index (χ3v) is 8.59. The molecule has 5 atom stereocenters. The van der Waals surface area contributed by atoms with E-state index in [1.54, 1.807) is 17.8 Å². The van der Waals surface area contributed by atoms with Crippen LogP contribution in [-0.2, 0) is 9.59 Å². The molecule has 0 aromatic rings. The molecule has 2 nitrogen and oxygen atoms in total. The smallest absolute Gasteiger partial charge is 0.192 e. The summed E-state index contributed by atoms with van der Waals surface area (Å²) in [5, 5.41) is 0. The van der Waals surface area contributed by atoms with Gasteiger partial charge in [-0.25, -0.2) is 0 Å². The van der Waals surface area contributed by atoms with Gasteiger partial charge in [0.25, 0.3) is 0 Å². The summed E-state index contributed by atoms with van der Waals surface area (Å²) in [6.45, 7) is 11.0. The van der Waals surface area contributed by atoms with Crippen LogP contribution in [0, 0.1) is 28.6 Å².